The third kappa shape index (κ3) is 4.34. The van der Waals surface area contributed by atoms with E-state index >= 15 is 0 Å². The van der Waals surface area contributed by atoms with Gasteiger partial charge in [-0.25, -0.2) is 4.98 Å². The lowest BCUT2D eigenvalue weighted by molar-refractivity contribution is 0.408. The maximum atomic E-state index is 5.47. The van der Waals surface area contributed by atoms with Crippen LogP contribution in [0.1, 0.15) is 25.0 Å². The maximum absolute atomic E-state index is 5.47. The average Bonchev–Trinajstić information content (AvgIpc) is 2.60. The van der Waals surface area contributed by atoms with Gasteiger partial charge in [-0.1, -0.05) is 6.07 Å². The topological polar surface area (TPSA) is 59.1 Å². The summed E-state index contributed by atoms with van der Waals surface area (Å²) >= 11 is 5.29. The van der Waals surface area contributed by atoms with E-state index in [1.165, 1.54) is 0 Å². The van der Waals surface area contributed by atoms with Crippen molar-refractivity contribution in [3.8, 4) is 16.9 Å². The van der Waals surface area contributed by atoms with Crippen LogP contribution in [0.25, 0.3) is 22.2 Å². The number of nitrogens with zero attached hydrogens (tertiary/aromatic N) is 2. The second-order valence-electron chi connectivity index (χ2n) is 6.86. The van der Waals surface area contributed by atoms with Crippen LogP contribution >= 0.6 is 12.2 Å². The first kappa shape index (κ1) is 19.0. The number of ether oxygens (including phenoxy) is 1. The Morgan fingerprint density at radius 3 is 2.37 bits per heavy atom. The fraction of sp³-hybridized carbons (Fsp3) is 0.286. The van der Waals surface area contributed by atoms with Crippen molar-refractivity contribution in [2.24, 2.45) is 0 Å². The molecule has 6 heteroatoms. The molecule has 0 atom stereocenters. The van der Waals surface area contributed by atoms with Gasteiger partial charge in [0.05, 0.1) is 24.3 Å². The highest BCUT2D eigenvalue weighted by molar-refractivity contribution is 7.80. The van der Waals surface area contributed by atoms with Crippen LogP contribution < -0.4 is 15.4 Å². The van der Waals surface area contributed by atoms with Gasteiger partial charge in [-0.3, -0.25) is 4.98 Å². The third-order valence-electron chi connectivity index (χ3n) is 4.20. The SMILES string of the molecule is COc1c(C)cc(-c2ccc3ncc(NC(=S)NC(C)C)nc3c2)cc1C. The summed E-state index contributed by atoms with van der Waals surface area (Å²) in [5.41, 5.74) is 6.10. The standard InChI is InChI=1S/C21H24N4OS/c1-12(2)23-21(27)25-19-11-22-17-7-6-15(10-18(17)24-19)16-8-13(3)20(26-5)14(4)9-16/h6-12H,1-5H3,(H2,23,24,25,27). The Hall–Kier alpha value is -2.73. The Balaban J connectivity index is 1.95. The molecular weight excluding hydrogens is 356 g/mol. The summed E-state index contributed by atoms with van der Waals surface area (Å²) in [4.78, 5) is 9.14. The normalized spacial score (nSPS) is 10.9. The molecule has 1 aromatic heterocycles. The summed E-state index contributed by atoms with van der Waals surface area (Å²) in [6.07, 6.45) is 1.69. The molecule has 0 fully saturated rings. The van der Waals surface area contributed by atoms with E-state index in [4.69, 9.17) is 17.0 Å². The highest BCUT2D eigenvalue weighted by Crippen LogP contribution is 2.31. The van der Waals surface area contributed by atoms with Gasteiger partial charge in [0.1, 0.15) is 5.75 Å². The lowest BCUT2D eigenvalue weighted by atomic mass is 9.99. The van der Waals surface area contributed by atoms with Gasteiger partial charge in [-0.2, -0.15) is 0 Å². The first-order valence-corrected chi connectivity index (χ1v) is 9.28. The molecule has 3 aromatic rings. The molecule has 0 aliphatic rings. The molecule has 0 saturated carbocycles. The van der Waals surface area contributed by atoms with E-state index in [-0.39, 0.29) is 6.04 Å². The maximum Gasteiger partial charge on any atom is 0.172 e. The highest BCUT2D eigenvalue weighted by Gasteiger charge is 2.09. The molecule has 5 nitrogen and oxygen atoms in total. The largest absolute Gasteiger partial charge is 0.496 e. The minimum Gasteiger partial charge on any atom is -0.496 e. The first-order chi connectivity index (χ1) is 12.9. The zero-order valence-corrected chi connectivity index (χ0v) is 17.1. The molecule has 0 aliphatic carbocycles. The van der Waals surface area contributed by atoms with Gasteiger partial charge >= 0.3 is 0 Å². The van der Waals surface area contributed by atoms with E-state index in [1.807, 2.05) is 26.0 Å². The average molecular weight is 381 g/mol. The number of aromatic nitrogens is 2. The first-order valence-electron chi connectivity index (χ1n) is 8.87. The van der Waals surface area contributed by atoms with E-state index < -0.39 is 0 Å². The summed E-state index contributed by atoms with van der Waals surface area (Å²) in [6.45, 7) is 8.18. The minimum absolute atomic E-state index is 0.256. The summed E-state index contributed by atoms with van der Waals surface area (Å²) in [7, 11) is 1.70. The zero-order valence-electron chi connectivity index (χ0n) is 16.3. The summed E-state index contributed by atoms with van der Waals surface area (Å²) in [5.74, 6) is 1.55. The predicted molar refractivity (Wildman–Crippen MR) is 115 cm³/mol. The van der Waals surface area contributed by atoms with Gasteiger partial charge in [0.2, 0.25) is 0 Å². The van der Waals surface area contributed by atoms with Crippen LogP contribution in [0.15, 0.2) is 36.5 Å². The Bertz CT molecular complexity index is 978. The fourth-order valence-corrected chi connectivity index (χ4v) is 3.45. The molecule has 27 heavy (non-hydrogen) atoms. The number of methoxy groups -OCH3 is 1. The molecule has 2 aromatic carbocycles. The van der Waals surface area contributed by atoms with Crippen molar-refractivity contribution in [1.82, 2.24) is 15.3 Å². The monoisotopic (exact) mass is 380 g/mol. The van der Waals surface area contributed by atoms with Crippen molar-refractivity contribution in [1.29, 1.82) is 0 Å². The number of anilines is 1. The Morgan fingerprint density at radius 2 is 1.74 bits per heavy atom. The van der Waals surface area contributed by atoms with Crippen molar-refractivity contribution in [2.45, 2.75) is 33.7 Å². The van der Waals surface area contributed by atoms with Gasteiger partial charge in [-0.05, 0) is 86.4 Å². The van der Waals surface area contributed by atoms with Gasteiger partial charge in [0.25, 0.3) is 0 Å². The molecule has 140 valence electrons. The van der Waals surface area contributed by atoms with E-state index in [2.05, 4.69) is 52.6 Å². The van der Waals surface area contributed by atoms with E-state index in [1.54, 1.807) is 13.3 Å². The van der Waals surface area contributed by atoms with E-state index in [0.29, 0.717) is 10.9 Å². The molecule has 0 spiro atoms. The second-order valence-corrected chi connectivity index (χ2v) is 7.26. The van der Waals surface area contributed by atoms with Crippen LogP contribution in [0.3, 0.4) is 0 Å². The number of hydrogen-bond donors (Lipinski definition) is 2. The van der Waals surface area contributed by atoms with Crippen LogP contribution in [0.2, 0.25) is 0 Å². The van der Waals surface area contributed by atoms with Crippen molar-refractivity contribution < 1.29 is 4.74 Å². The van der Waals surface area contributed by atoms with Crippen LogP contribution in [-0.2, 0) is 0 Å². The summed E-state index contributed by atoms with van der Waals surface area (Å²) in [6, 6.07) is 10.6. The van der Waals surface area contributed by atoms with Crippen molar-refractivity contribution in [3.63, 3.8) is 0 Å². The molecule has 0 radical (unpaired) electrons. The molecule has 2 N–H and O–H groups in total. The molecule has 3 rings (SSSR count). The quantitative estimate of drug-likeness (QED) is 0.644. The third-order valence-corrected chi connectivity index (χ3v) is 4.42. The Kier molecular flexibility index (Phi) is 5.56. The van der Waals surface area contributed by atoms with Crippen LogP contribution in [0, 0.1) is 13.8 Å². The predicted octanol–water partition coefficient (Wildman–Crippen LogP) is 4.62. The Morgan fingerprint density at radius 1 is 1.04 bits per heavy atom. The van der Waals surface area contributed by atoms with Crippen molar-refractivity contribution in [2.75, 3.05) is 12.4 Å². The number of fused-ring (bicyclic) bond motifs is 1. The molecule has 0 saturated heterocycles. The van der Waals surface area contributed by atoms with Crippen LogP contribution in [0.5, 0.6) is 5.75 Å². The van der Waals surface area contributed by atoms with Gasteiger partial charge < -0.3 is 15.4 Å². The van der Waals surface area contributed by atoms with Gasteiger partial charge in [-0.15, -0.1) is 0 Å². The van der Waals surface area contributed by atoms with Crippen LogP contribution in [-0.4, -0.2) is 28.2 Å². The number of rotatable bonds is 4. The molecule has 0 unspecified atom stereocenters. The zero-order chi connectivity index (χ0) is 19.6. The molecule has 0 bridgehead atoms. The molecule has 0 aliphatic heterocycles. The van der Waals surface area contributed by atoms with Gasteiger partial charge in [0, 0.05) is 6.04 Å². The van der Waals surface area contributed by atoms with Crippen molar-refractivity contribution >= 4 is 34.2 Å². The molecule has 1 heterocycles. The number of hydrogen-bond acceptors (Lipinski definition) is 4. The lowest BCUT2D eigenvalue weighted by Gasteiger charge is -2.13. The molecular formula is C21H24N4OS. The minimum atomic E-state index is 0.256. The van der Waals surface area contributed by atoms with E-state index in [0.717, 1.165) is 39.0 Å². The Labute approximate surface area is 165 Å². The second kappa shape index (κ2) is 7.88. The molecule has 0 amide bonds. The highest BCUT2D eigenvalue weighted by atomic mass is 32.1. The van der Waals surface area contributed by atoms with Gasteiger partial charge in [0.15, 0.2) is 10.9 Å². The van der Waals surface area contributed by atoms with E-state index in [9.17, 15) is 0 Å². The summed E-state index contributed by atoms with van der Waals surface area (Å²) in [5, 5.41) is 6.77. The van der Waals surface area contributed by atoms with Crippen LogP contribution in [0.4, 0.5) is 5.82 Å². The lowest BCUT2D eigenvalue weighted by Crippen LogP contribution is -2.34. The number of thiocarbonyl (C=S) groups is 1. The fourth-order valence-electron chi connectivity index (χ4n) is 3.10. The number of benzene rings is 2. The number of aryl methyl sites for hydroxylation is 2. The number of nitrogens with one attached hydrogen (secondary N) is 2. The smallest absolute Gasteiger partial charge is 0.172 e. The van der Waals surface area contributed by atoms with Crippen molar-refractivity contribution in [3.05, 3.63) is 47.7 Å². The summed E-state index contributed by atoms with van der Waals surface area (Å²) < 4.78 is 5.47.